The first-order valence-corrected chi connectivity index (χ1v) is 10.3. The van der Waals surface area contributed by atoms with Gasteiger partial charge < -0.3 is 19.6 Å². The number of ether oxygens (including phenoxy) is 1. The van der Waals surface area contributed by atoms with Crippen LogP contribution in [0.25, 0.3) is 5.76 Å². The van der Waals surface area contributed by atoms with E-state index in [0.717, 1.165) is 0 Å². The lowest BCUT2D eigenvalue weighted by atomic mass is 9.95. The van der Waals surface area contributed by atoms with Gasteiger partial charge in [-0.05, 0) is 56.1 Å². The van der Waals surface area contributed by atoms with Crippen molar-refractivity contribution >= 4 is 23.1 Å². The van der Waals surface area contributed by atoms with Crippen LogP contribution in [0.4, 0.5) is 5.69 Å². The Kier molecular flexibility index (Phi) is 7.24. The molecule has 1 aliphatic rings. The maximum atomic E-state index is 13.0. The maximum Gasteiger partial charge on any atom is 0.295 e. The Morgan fingerprint density at radius 2 is 1.82 bits per heavy atom. The van der Waals surface area contributed by atoms with Crippen molar-refractivity contribution in [1.29, 1.82) is 0 Å². The summed E-state index contributed by atoms with van der Waals surface area (Å²) < 4.78 is 5.44. The van der Waals surface area contributed by atoms with Crippen molar-refractivity contribution in [3.05, 3.63) is 88.0 Å². The highest BCUT2D eigenvalue weighted by molar-refractivity contribution is 6.46. The van der Waals surface area contributed by atoms with Crippen LogP contribution in [-0.2, 0) is 9.59 Å². The lowest BCUT2D eigenvalue weighted by molar-refractivity contribution is -0.384. The van der Waals surface area contributed by atoms with Gasteiger partial charge in [-0.25, -0.2) is 0 Å². The van der Waals surface area contributed by atoms with Crippen LogP contribution in [0.5, 0.6) is 5.75 Å². The lowest BCUT2D eigenvalue weighted by Gasteiger charge is -2.26. The fourth-order valence-electron chi connectivity index (χ4n) is 3.56. The van der Waals surface area contributed by atoms with Gasteiger partial charge in [-0.15, -0.1) is 0 Å². The summed E-state index contributed by atoms with van der Waals surface area (Å²) in [7, 11) is 3.68. The average molecular weight is 451 g/mol. The molecule has 3 rings (SSSR count). The van der Waals surface area contributed by atoms with E-state index in [1.165, 1.54) is 29.2 Å². The summed E-state index contributed by atoms with van der Waals surface area (Å²) in [6.07, 6.45) is 1.60. The molecule has 0 saturated carbocycles. The molecule has 1 amide bonds. The number of benzene rings is 2. The number of rotatable bonds is 9. The van der Waals surface area contributed by atoms with Crippen molar-refractivity contribution in [1.82, 2.24) is 9.80 Å². The quantitative estimate of drug-likeness (QED) is 0.156. The Morgan fingerprint density at radius 3 is 2.36 bits per heavy atom. The van der Waals surface area contributed by atoms with E-state index in [-0.39, 0.29) is 23.6 Å². The summed E-state index contributed by atoms with van der Waals surface area (Å²) in [4.78, 5) is 39.6. The Hall–Kier alpha value is -3.98. The number of likely N-dealkylation sites (N-methyl/N-ethyl adjacent to an activating group) is 1. The minimum absolute atomic E-state index is 0.0626. The first-order chi connectivity index (χ1) is 15.7. The Morgan fingerprint density at radius 1 is 1.18 bits per heavy atom. The number of ketones is 1. The van der Waals surface area contributed by atoms with Crippen LogP contribution in [0.3, 0.4) is 0 Å². The molecular weight excluding hydrogens is 426 g/mol. The van der Waals surface area contributed by atoms with E-state index in [4.69, 9.17) is 4.74 Å². The molecule has 0 bridgehead atoms. The van der Waals surface area contributed by atoms with E-state index in [2.05, 4.69) is 6.58 Å². The Labute approximate surface area is 191 Å². The van der Waals surface area contributed by atoms with Gasteiger partial charge in [0, 0.05) is 30.8 Å². The minimum atomic E-state index is -0.873. The van der Waals surface area contributed by atoms with Gasteiger partial charge in [0.1, 0.15) is 18.1 Å². The molecule has 1 fully saturated rings. The van der Waals surface area contributed by atoms with Crippen molar-refractivity contribution in [2.75, 3.05) is 33.8 Å². The van der Waals surface area contributed by atoms with Crippen molar-refractivity contribution in [2.24, 2.45) is 0 Å². The molecule has 33 heavy (non-hydrogen) atoms. The molecule has 1 atom stereocenters. The minimum Gasteiger partial charge on any atom is -0.507 e. The lowest BCUT2D eigenvalue weighted by Crippen LogP contribution is -2.35. The molecule has 9 nitrogen and oxygen atoms in total. The molecule has 0 radical (unpaired) electrons. The van der Waals surface area contributed by atoms with Crippen LogP contribution in [0.1, 0.15) is 17.2 Å². The third-order valence-corrected chi connectivity index (χ3v) is 5.24. The van der Waals surface area contributed by atoms with Gasteiger partial charge in [0.05, 0.1) is 16.5 Å². The number of nitro groups is 1. The number of likely N-dealkylation sites (tertiary alicyclic amines) is 1. The number of hydrogen-bond donors (Lipinski definition) is 1. The number of carbonyl (C=O) groups is 2. The highest BCUT2D eigenvalue weighted by atomic mass is 16.6. The van der Waals surface area contributed by atoms with E-state index >= 15 is 0 Å². The predicted octanol–water partition coefficient (Wildman–Crippen LogP) is 3.14. The molecule has 2 aromatic rings. The smallest absolute Gasteiger partial charge is 0.295 e. The van der Waals surface area contributed by atoms with Crippen molar-refractivity contribution in [2.45, 2.75) is 6.04 Å². The van der Waals surface area contributed by atoms with E-state index in [1.807, 2.05) is 19.0 Å². The highest BCUT2D eigenvalue weighted by Crippen LogP contribution is 2.39. The summed E-state index contributed by atoms with van der Waals surface area (Å²) >= 11 is 0. The van der Waals surface area contributed by atoms with Crippen LogP contribution < -0.4 is 4.74 Å². The summed E-state index contributed by atoms with van der Waals surface area (Å²) in [6, 6.07) is 11.2. The zero-order valence-electron chi connectivity index (χ0n) is 18.4. The number of nitro benzene ring substituents is 1. The molecule has 0 aliphatic carbocycles. The van der Waals surface area contributed by atoms with Crippen LogP contribution in [0, 0.1) is 10.1 Å². The van der Waals surface area contributed by atoms with E-state index in [1.54, 1.807) is 30.3 Å². The molecule has 0 spiro atoms. The standard InChI is InChI=1S/C24H25N3O6/c1-4-15-33-19-11-7-17(8-12-19)22(28)20-21(16-5-9-18(10-6-16)27(31)32)26(14-13-25(2)3)24(30)23(20)29/h4-12,21,28H,1,13-15H2,2-3H3/b22-20+/t21-/m1/s1. The van der Waals surface area contributed by atoms with Gasteiger partial charge in [0.2, 0.25) is 0 Å². The number of amides is 1. The largest absolute Gasteiger partial charge is 0.507 e. The summed E-state index contributed by atoms with van der Waals surface area (Å²) in [6.45, 7) is 4.64. The topological polar surface area (TPSA) is 113 Å². The van der Waals surface area contributed by atoms with Crippen LogP contribution in [0.2, 0.25) is 0 Å². The summed E-state index contributed by atoms with van der Waals surface area (Å²) in [5.74, 6) is -1.29. The zero-order chi connectivity index (χ0) is 24.1. The van der Waals surface area contributed by atoms with Crippen LogP contribution in [-0.4, -0.2) is 65.3 Å². The van der Waals surface area contributed by atoms with Gasteiger partial charge in [-0.1, -0.05) is 12.7 Å². The van der Waals surface area contributed by atoms with Gasteiger partial charge >= 0.3 is 0 Å². The molecule has 172 valence electrons. The Balaban J connectivity index is 2.07. The van der Waals surface area contributed by atoms with Crippen molar-refractivity contribution in [3.63, 3.8) is 0 Å². The maximum absolute atomic E-state index is 13.0. The average Bonchev–Trinajstić information content (AvgIpc) is 3.06. The van der Waals surface area contributed by atoms with Gasteiger partial charge in [-0.2, -0.15) is 0 Å². The van der Waals surface area contributed by atoms with Gasteiger partial charge in [-0.3, -0.25) is 19.7 Å². The summed E-state index contributed by atoms with van der Waals surface area (Å²) in [5, 5.41) is 22.1. The van der Waals surface area contributed by atoms with Crippen molar-refractivity contribution in [3.8, 4) is 5.75 Å². The monoisotopic (exact) mass is 451 g/mol. The molecule has 1 aliphatic heterocycles. The molecule has 0 unspecified atom stereocenters. The van der Waals surface area contributed by atoms with E-state index in [0.29, 0.717) is 30.0 Å². The second-order valence-corrected chi connectivity index (χ2v) is 7.77. The van der Waals surface area contributed by atoms with Crippen LogP contribution >= 0.6 is 0 Å². The number of carbonyl (C=O) groups excluding carboxylic acids is 2. The van der Waals surface area contributed by atoms with Gasteiger partial charge in [0.15, 0.2) is 0 Å². The number of Topliss-reactive ketones (excluding diaryl/α,β-unsaturated/α-hetero) is 1. The molecule has 1 saturated heterocycles. The van der Waals surface area contributed by atoms with Gasteiger partial charge in [0.25, 0.3) is 17.4 Å². The second-order valence-electron chi connectivity index (χ2n) is 7.77. The van der Waals surface area contributed by atoms with Crippen molar-refractivity contribution < 1.29 is 24.4 Å². The number of aliphatic hydroxyl groups excluding tert-OH is 1. The molecule has 2 aromatic carbocycles. The molecular formula is C24H25N3O6. The normalized spacial score (nSPS) is 17.4. The second kappa shape index (κ2) is 10.1. The molecule has 0 aromatic heterocycles. The molecule has 1 N–H and O–H groups in total. The molecule has 1 heterocycles. The third-order valence-electron chi connectivity index (χ3n) is 5.24. The first kappa shape index (κ1) is 23.7. The SMILES string of the molecule is C=CCOc1ccc(/C(O)=C2\C(=O)C(=O)N(CCN(C)C)[C@@H]2c2ccc([N+](=O)[O-])cc2)cc1. The molecule has 9 heteroatoms. The first-order valence-electron chi connectivity index (χ1n) is 10.3. The summed E-state index contributed by atoms with van der Waals surface area (Å²) in [5.41, 5.74) is 0.663. The fourth-order valence-corrected chi connectivity index (χ4v) is 3.56. The number of non-ortho nitro benzene ring substituents is 1. The number of aliphatic hydroxyl groups is 1. The van der Waals surface area contributed by atoms with E-state index in [9.17, 15) is 24.8 Å². The predicted molar refractivity (Wildman–Crippen MR) is 123 cm³/mol. The Bertz CT molecular complexity index is 1090. The fraction of sp³-hybridized carbons (Fsp3) is 0.250. The number of hydrogen-bond acceptors (Lipinski definition) is 7. The number of nitrogens with zero attached hydrogens (tertiary/aromatic N) is 3. The highest BCUT2D eigenvalue weighted by Gasteiger charge is 2.46. The van der Waals surface area contributed by atoms with E-state index < -0.39 is 22.7 Å². The zero-order valence-corrected chi connectivity index (χ0v) is 18.4. The van der Waals surface area contributed by atoms with Crippen LogP contribution in [0.15, 0.2) is 66.8 Å². The third kappa shape index (κ3) is 5.09.